The summed E-state index contributed by atoms with van der Waals surface area (Å²) in [6.07, 6.45) is 2.89. The largest absolute Gasteiger partial charge is 0.339 e. The summed E-state index contributed by atoms with van der Waals surface area (Å²) in [5.74, 6) is 0.720. The first-order valence-corrected chi connectivity index (χ1v) is 7.85. The van der Waals surface area contributed by atoms with E-state index in [2.05, 4.69) is 0 Å². The zero-order chi connectivity index (χ0) is 15.3. The van der Waals surface area contributed by atoms with Gasteiger partial charge in [-0.2, -0.15) is 11.8 Å². The van der Waals surface area contributed by atoms with Crippen LogP contribution in [0.2, 0.25) is 5.02 Å². The van der Waals surface area contributed by atoms with E-state index in [1.807, 2.05) is 13.2 Å². The topological polar surface area (TPSA) is 63.5 Å². The SMILES string of the molecule is CSCCC(C)N(C)C(=O)c1ccc(Cl)c([N+](=O)[O-])c1. The molecule has 5 nitrogen and oxygen atoms in total. The lowest BCUT2D eigenvalue weighted by Crippen LogP contribution is -2.35. The quantitative estimate of drug-likeness (QED) is 0.595. The van der Waals surface area contributed by atoms with Crippen LogP contribution in [0.1, 0.15) is 23.7 Å². The summed E-state index contributed by atoms with van der Waals surface area (Å²) in [6, 6.07) is 4.19. The van der Waals surface area contributed by atoms with Crippen LogP contribution in [-0.4, -0.2) is 40.8 Å². The van der Waals surface area contributed by atoms with Crippen LogP contribution in [0.25, 0.3) is 0 Å². The highest BCUT2D eigenvalue weighted by Crippen LogP contribution is 2.25. The molecule has 0 radical (unpaired) electrons. The summed E-state index contributed by atoms with van der Waals surface area (Å²) in [4.78, 5) is 24.1. The van der Waals surface area contributed by atoms with E-state index in [1.165, 1.54) is 18.2 Å². The number of carbonyl (C=O) groups is 1. The predicted octanol–water partition coefficient (Wildman–Crippen LogP) is 3.46. The van der Waals surface area contributed by atoms with E-state index >= 15 is 0 Å². The third-order valence-corrected chi connectivity index (χ3v) is 4.07. The summed E-state index contributed by atoms with van der Waals surface area (Å²) in [7, 11) is 1.70. The molecular weight excluding hydrogens is 300 g/mol. The molecule has 0 fully saturated rings. The molecule has 1 amide bonds. The van der Waals surface area contributed by atoms with Gasteiger partial charge in [0.15, 0.2) is 0 Å². The van der Waals surface area contributed by atoms with Crippen LogP contribution in [0, 0.1) is 10.1 Å². The van der Waals surface area contributed by atoms with E-state index in [-0.39, 0.29) is 28.2 Å². The van der Waals surface area contributed by atoms with Gasteiger partial charge in [0, 0.05) is 24.7 Å². The van der Waals surface area contributed by atoms with Crippen molar-refractivity contribution in [3.63, 3.8) is 0 Å². The highest BCUT2D eigenvalue weighted by atomic mass is 35.5. The normalized spacial score (nSPS) is 12.0. The van der Waals surface area contributed by atoms with Crippen LogP contribution in [0.4, 0.5) is 5.69 Å². The molecule has 1 unspecified atom stereocenters. The number of rotatable bonds is 6. The predicted molar refractivity (Wildman–Crippen MR) is 82.7 cm³/mol. The zero-order valence-electron chi connectivity index (χ0n) is 11.6. The number of carbonyl (C=O) groups excluding carboxylic acids is 1. The van der Waals surface area contributed by atoms with Gasteiger partial charge >= 0.3 is 0 Å². The van der Waals surface area contributed by atoms with Crippen molar-refractivity contribution in [3.05, 3.63) is 38.9 Å². The Bertz CT molecular complexity index is 510. The van der Waals surface area contributed by atoms with Crippen LogP contribution >= 0.6 is 23.4 Å². The number of hydrogen-bond acceptors (Lipinski definition) is 4. The molecular formula is C13H17ClN2O3S. The van der Waals surface area contributed by atoms with Crippen LogP contribution < -0.4 is 0 Å². The maximum atomic E-state index is 12.3. The molecule has 110 valence electrons. The number of hydrogen-bond donors (Lipinski definition) is 0. The van der Waals surface area contributed by atoms with Gasteiger partial charge in [0.25, 0.3) is 11.6 Å². The molecule has 0 spiro atoms. The molecule has 1 rings (SSSR count). The Balaban J connectivity index is 2.91. The minimum atomic E-state index is -0.587. The molecule has 0 saturated heterocycles. The summed E-state index contributed by atoms with van der Waals surface area (Å²) in [5.41, 5.74) is 0.0299. The molecule has 0 aliphatic rings. The first-order valence-electron chi connectivity index (χ1n) is 6.08. The Hall–Kier alpha value is -1.27. The molecule has 7 heteroatoms. The van der Waals surface area contributed by atoms with E-state index in [0.29, 0.717) is 0 Å². The fourth-order valence-corrected chi connectivity index (χ4v) is 2.43. The molecule has 1 atom stereocenters. The van der Waals surface area contributed by atoms with Crippen molar-refractivity contribution in [2.45, 2.75) is 19.4 Å². The second kappa shape index (κ2) is 7.50. The van der Waals surface area contributed by atoms with E-state index in [4.69, 9.17) is 11.6 Å². The Morgan fingerprint density at radius 2 is 2.20 bits per heavy atom. The van der Waals surface area contributed by atoms with Crippen molar-refractivity contribution in [2.75, 3.05) is 19.1 Å². The smallest absolute Gasteiger partial charge is 0.288 e. The van der Waals surface area contributed by atoms with Crippen LogP contribution in [0.3, 0.4) is 0 Å². The number of nitro benzene ring substituents is 1. The number of benzene rings is 1. The van der Waals surface area contributed by atoms with Crippen molar-refractivity contribution < 1.29 is 9.72 Å². The number of thioether (sulfide) groups is 1. The fraction of sp³-hybridized carbons (Fsp3) is 0.462. The first-order chi connectivity index (χ1) is 9.38. The maximum Gasteiger partial charge on any atom is 0.288 e. The van der Waals surface area contributed by atoms with Crippen molar-refractivity contribution in [1.82, 2.24) is 4.90 Å². The summed E-state index contributed by atoms with van der Waals surface area (Å²) < 4.78 is 0. The van der Waals surface area contributed by atoms with Gasteiger partial charge in [-0.25, -0.2) is 0 Å². The molecule has 0 aliphatic heterocycles. The van der Waals surface area contributed by atoms with Gasteiger partial charge in [-0.3, -0.25) is 14.9 Å². The average Bonchev–Trinajstić information content (AvgIpc) is 2.43. The molecule has 0 bridgehead atoms. The van der Waals surface area contributed by atoms with Crippen molar-refractivity contribution in [3.8, 4) is 0 Å². The van der Waals surface area contributed by atoms with Crippen molar-refractivity contribution in [1.29, 1.82) is 0 Å². The third kappa shape index (κ3) is 4.11. The molecule has 0 saturated carbocycles. The first kappa shape index (κ1) is 16.8. The third-order valence-electron chi connectivity index (χ3n) is 3.11. The minimum Gasteiger partial charge on any atom is -0.339 e. The summed E-state index contributed by atoms with van der Waals surface area (Å²) >= 11 is 7.46. The van der Waals surface area contributed by atoms with Gasteiger partial charge in [-0.1, -0.05) is 11.6 Å². The molecule has 20 heavy (non-hydrogen) atoms. The van der Waals surface area contributed by atoms with Crippen molar-refractivity contribution in [2.24, 2.45) is 0 Å². The number of nitro groups is 1. The Kier molecular flexibility index (Phi) is 6.29. The number of halogens is 1. The van der Waals surface area contributed by atoms with Gasteiger partial charge in [-0.05, 0) is 37.5 Å². The Morgan fingerprint density at radius 1 is 1.55 bits per heavy atom. The van der Waals surface area contributed by atoms with Crippen LogP contribution in [0.15, 0.2) is 18.2 Å². The lowest BCUT2D eigenvalue weighted by Gasteiger charge is -2.24. The van der Waals surface area contributed by atoms with E-state index in [9.17, 15) is 14.9 Å². The van der Waals surface area contributed by atoms with E-state index in [1.54, 1.807) is 23.7 Å². The second-order valence-electron chi connectivity index (χ2n) is 4.47. The average molecular weight is 317 g/mol. The zero-order valence-corrected chi connectivity index (χ0v) is 13.2. The Labute approximate surface area is 127 Å². The molecule has 1 aromatic carbocycles. The van der Waals surface area contributed by atoms with Crippen molar-refractivity contribution >= 4 is 35.0 Å². The highest BCUT2D eigenvalue weighted by molar-refractivity contribution is 7.98. The monoisotopic (exact) mass is 316 g/mol. The molecule has 0 aromatic heterocycles. The van der Waals surface area contributed by atoms with Gasteiger partial charge in [0.1, 0.15) is 5.02 Å². The fourth-order valence-electron chi connectivity index (χ4n) is 1.67. The lowest BCUT2D eigenvalue weighted by atomic mass is 10.1. The van der Waals surface area contributed by atoms with Gasteiger partial charge in [0.2, 0.25) is 0 Å². The van der Waals surface area contributed by atoms with Gasteiger partial charge < -0.3 is 4.90 Å². The molecule has 0 heterocycles. The van der Waals surface area contributed by atoms with Crippen LogP contribution in [-0.2, 0) is 0 Å². The number of amides is 1. The standard InChI is InChI=1S/C13H17ClN2O3S/c1-9(6-7-20-3)15(2)13(17)10-4-5-11(14)12(8-10)16(18)19/h4-5,8-9H,6-7H2,1-3H3. The van der Waals surface area contributed by atoms with E-state index < -0.39 is 4.92 Å². The van der Waals surface area contributed by atoms with Gasteiger partial charge in [-0.15, -0.1) is 0 Å². The lowest BCUT2D eigenvalue weighted by molar-refractivity contribution is -0.384. The number of nitrogens with zero attached hydrogens (tertiary/aromatic N) is 2. The minimum absolute atomic E-state index is 0.0321. The summed E-state index contributed by atoms with van der Waals surface area (Å²) in [5, 5.41) is 10.9. The maximum absolute atomic E-state index is 12.3. The molecule has 1 aromatic rings. The Morgan fingerprint density at radius 3 is 2.75 bits per heavy atom. The summed E-state index contributed by atoms with van der Waals surface area (Å²) in [6.45, 7) is 1.96. The van der Waals surface area contributed by atoms with Crippen LogP contribution in [0.5, 0.6) is 0 Å². The molecule has 0 N–H and O–H groups in total. The highest BCUT2D eigenvalue weighted by Gasteiger charge is 2.21. The molecule has 0 aliphatic carbocycles. The second-order valence-corrected chi connectivity index (χ2v) is 5.86. The van der Waals surface area contributed by atoms with Gasteiger partial charge in [0.05, 0.1) is 4.92 Å². The van der Waals surface area contributed by atoms with E-state index in [0.717, 1.165) is 12.2 Å².